The van der Waals surface area contributed by atoms with Gasteiger partial charge in [-0.2, -0.15) is 0 Å². The fourth-order valence-corrected chi connectivity index (χ4v) is 1.63. The quantitative estimate of drug-likeness (QED) is 0.506. The Morgan fingerprint density at radius 3 is 1.40 bits per heavy atom. The van der Waals surface area contributed by atoms with Crippen LogP contribution in [0.15, 0.2) is 49.1 Å². The molecule has 136 valence electrons. The molecule has 2 rings (SSSR count). The zero-order valence-corrected chi connectivity index (χ0v) is 14.8. The molecule has 0 radical (unpaired) electrons. The molecule has 0 amide bonds. The van der Waals surface area contributed by atoms with Crippen molar-refractivity contribution in [3.8, 4) is 0 Å². The van der Waals surface area contributed by atoms with Crippen LogP contribution in [0.3, 0.4) is 0 Å². The van der Waals surface area contributed by atoms with Gasteiger partial charge in [-0.05, 0) is 24.3 Å². The van der Waals surface area contributed by atoms with Crippen LogP contribution >= 0.6 is 24.8 Å². The van der Waals surface area contributed by atoms with Crippen LogP contribution < -0.4 is 0 Å². The summed E-state index contributed by atoms with van der Waals surface area (Å²) in [6, 6.07) is 6.28. The van der Waals surface area contributed by atoms with Gasteiger partial charge in [-0.1, -0.05) is 0 Å². The van der Waals surface area contributed by atoms with E-state index in [1.807, 2.05) is 0 Å². The van der Waals surface area contributed by atoms with Crippen LogP contribution in [0.4, 0.5) is 0 Å². The van der Waals surface area contributed by atoms with Crippen molar-refractivity contribution in [2.75, 3.05) is 26.4 Å². The van der Waals surface area contributed by atoms with E-state index in [0.717, 1.165) is 0 Å². The van der Waals surface area contributed by atoms with E-state index >= 15 is 0 Å². The van der Waals surface area contributed by atoms with E-state index in [0.29, 0.717) is 11.1 Å². The van der Waals surface area contributed by atoms with Crippen molar-refractivity contribution in [3.63, 3.8) is 0 Å². The molecule has 2 aromatic heterocycles. The Morgan fingerprint density at radius 1 is 0.680 bits per heavy atom. The molecule has 0 saturated carbocycles. The molecule has 7 nitrogen and oxygen atoms in total. The van der Waals surface area contributed by atoms with Gasteiger partial charge in [0.2, 0.25) is 0 Å². The van der Waals surface area contributed by atoms with Crippen LogP contribution in [-0.2, 0) is 14.2 Å². The van der Waals surface area contributed by atoms with Crippen molar-refractivity contribution in [2.45, 2.75) is 0 Å². The maximum atomic E-state index is 11.6. The molecule has 0 bridgehead atoms. The van der Waals surface area contributed by atoms with Gasteiger partial charge in [0.05, 0.1) is 24.3 Å². The molecule has 25 heavy (non-hydrogen) atoms. The molecular weight excluding hydrogens is 371 g/mol. The monoisotopic (exact) mass is 388 g/mol. The molecule has 0 spiro atoms. The number of esters is 2. The first-order chi connectivity index (χ1) is 11.3. The fourth-order valence-electron chi connectivity index (χ4n) is 1.63. The molecule has 0 aliphatic rings. The highest BCUT2D eigenvalue weighted by atomic mass is 35.5. The van der Waals surface area contributed by atoms with E-state index in [4.69, 9.17) is 14.2 Å². The lowest BCUT2D eigenvalue weighted by molar-refractivity contribution is 0.0151. The van der Waals surface area contributed by atoms with Gasteiger partial charge in [0.1, 0.15) is 13.2 Å². The van der Waals surface area contributed by atoms with Crippen molar-refractivity contribution in [2.24, 2.45) is 0 Å². The average Bonchev–Trinajstić information content (AvgIpc) is 2.62. The predicted molar refractivity (Wildman–Crippen MR) is 94.4 cm³/mol. The molecule has 0 aromatic carbocycles. The van der Waals surface area contributed by atoms with Crippen molar-refractivity contribution < 1.29 is 23.8 Å². The van der Waals surface area contributed by atoms with Crippen LogP contribution in [0.1, 0.15) is 20.7 Å². The van der Waals surface area contributed by atoms with E-state index in [2.05, 4.69) is 9.97 Å². The van der Waals surface area contributed by atoms with Crippen LogP contribution in [0.5, 0.6) is 0 Å². The number of pyridine rings is 2. The van der Waals surface area contributed by atoms with Gasteiger partial charge < -0.3 is 14.2 Å². The van der Waals surface area contributed by atoms with Crippen molar-refractivity contribution in [1.29, 1.82) is 0 Å². The Balaban J connectivity index is 0.00000288. The number of ether oxygens (including phenoxy) is 3. The van der Waals surface area contributed by atoms with Gasteiger partial charge in [-0.15, -0.1) is 24.8 Å². The summed E-state index contributed by atoms with van der Waals surface area (Å²) < 4.78 is 15.3. The third-order valence-electron chi connectivity index (χ3n) is 2.75. The van der Waals surface area contributed by atoms with E-state index in [-0.39, 0.29) is 51.2 Å². The number of hydrogen-bond donors (Lipinski definition) is 0. The maximum Gasteiger partial charge on any atom is 0.338 e. The summed E-state index contributed by atoms with van der Waals surface area (Å²) in [4.78, 5) is 30.8. The standard InChI is InChI=1S/C16H16N2O5.2ClH/c19-15(13-1-5-17-6-2-13)22-11-9-21-10-12-23-16(20)14-3-7-18-8-4-14;;/h1-8H,9-12H2;2*1H. The number of aromatic nitrogens is 2. The van der Waals surface area contributed by atoms with Gasteiger partial charge in [-0.3, -0.25) is 9.97 Å². The zero-order chi connectivity index (χ0) is 16.3. The predicted octanol–water partition coefficient (Wildman–Crippen LogP) is 2.35. The van der Waals surface area contributed by atoms with E-state index < -0.39 is 11.9 Å². The minimum atomic E-state index is -0.430. The van der Waals surface area contributed by atoms with Gasteiger partial charge >= 0.3 is 11.9 Å². The molecule has 0 aliphatic heterocycles. The van der Waals surface area contributed by atoms with Gasteiger partial charge in [0, 0.05) is 24.8 Å². The summed E-state index contributed by atoms with van der Waals surface area (Å²) in [5.74, 6) is -0.861. The first-order valence-electron chi connectivity index (χ1n) is 6.99. The first kappa shape index (κ1) is 22.8. The fraction of sp³-hybridized carbons (Fsp3) is 0.250. The number of carbonyl (C=O) groups is 2. The van der Waals surface area contributed by atoms with Crippen molar-refractivity contribution in [3.05, 3.63) is 60.2 Å². The Labute approximate surface area is 157 Å². The molecule has 0 N–H and O–H groups in total. The maximum absolute atomic E-state index is 11.6. The number of carbonyl (C=O) groups excluding carboxylic acids is 2. The van der Waals surface area contributed by atoms with E-state index in [1.54, 1.807) is 24.3 Å². The lowest BCUT2D eigenvalue weighted by Crippen LogP contribution is -2.14. The summed E-state index contributed by atoms with van der Waals surface area (Å²) in [5.41, 5.74) is 0.873. The highest BCUT2D eigenvalue weighted by Gasteiger charge is 2.07. The van der Waals surface area contributed by atoms with Crippen molar-refractivity contribution in [1.82, 2.24) is 9.97 Å². The second-order valence-electron chi connectivity index (χ2n) is 4.36. The molecule has 2 heterocycles. The second-order valence-corrected chi connectivity index (χ2v) is 4.36. The van der Waals surface area contributed by atoms with E-state index in [9.17, 15) is 9.59 Å². The minimum Gasteiger partial charge on any atom is -0.460 e. The van der Waals surface area contributed by atoms with Crippen LogP contribution in [0.25, 0.3) is 0 Å². The molecule has 9 heteroatoms. The number of hydrogen-bond acceptors (Lipinski definition) is 7. The second kappa shape index (κ2) is 13.1. The Kier molecular flexibility index (Phi) is 11.9. The topological polar surface area (TPSA) is 87.6 Å². The third kappa shape index (κ3) is 8.44. The largest absolute Gasteiger partial charge is 0.460 e. The lowest BCUT2D eigenvalue weighted by Gasteiger charge is -2.07. The lowest BCUT2D eigenvalue weighted by atomic mass is 10.3. The highest BCUT2D eigenvalue weighted by molar-refractivity contribution is 5.89. The molecule has 0 unspecified atom stereocenters. The molecule has 0 atom stereocenters. The average molecular weight is 389 g/mol. The molecule has 0 aliphatic carbocycles. The van der Waals surface area contributed by atoms with Crippen molar-refractivity contribution >= 4 is 36.8 Å². The van der Waals surface area contributed by atoms with Gasteiger partial charge in [0.25, 0.3) is 0 Å². The Hall–Kier alpha value is -2.22. The summed E-state index contributed by atoms with van der Waals surface area (Å²) >= 11 is 0. The number of rotatable bonds is 8. The number of nitrogens with zero attached hydrogens (tertiary/aromatic N) is 2. The molecular formula is C16H18Cl2N2O5. The highest BCUT2D eigenvalue weighted by Crippen LogP contribution is 2.00. The SMILES string of the molecule is Cl.Cl.O=C(OCCOCCOC(=O)c1ccncc1)c1ccncc1. The van der Waals surface area contributed by atoms with E-state index in [1.165, 1.54) is 24.8 Å². The van der Waals surface area contributed by atoms with Gasteiger partial charge in [-0.25, -0.2) is 9.59 Å². The Bertz CT molecular complexity index is 573. The molecule has 0 fully saturated rings. The van der Waals surface area contributed by atoms with Crippen LogP contribution in [0, 0.1) is 0 Å². The smallest absolute Gasteiger partial charge is 0.338 e. The summed E-state index contributed by atoms with van der Waals surface area (Å²) in [5, 5.41) is 0. The molecule has 2 aromatic rings. The Morgan fingerprint density at radius 2 is 1.04 bits per heavy atom. The number of halogens is 2. The van der Waals surface area contributed by atoms with Crippen LogP contribution in [0.2, 0.25) is 0 Å². The molecule has 0 saturated heterocycles. The van der Waals surface area contributed by atoms with Crippen LogP contribution in [-0.4, -0.2) is 48.3 Å². The summed E-state index contributed by atoms with van der Waals surface area (Å²) in [7, 11) is 0. The van der Waals surface area contributed by atoms with Gasteiger partial charge in [0.15, 0.2) is 0 Å². The summed E-state index contributed by atoms with van der Waals surface area (Å²) in [6.07, 6.45) is 6.07. The minimum absolute atomic E-state index is 0. The summed E-state index contributed by atoms with van der Waals surface area (Å²) in [6.45, 7) is 0.701. The third-order valence-corrected chi connectivity index (χ3v) is 2.75. The normalized spacial score (nSPS) is 9.28. The first-order valence-corrected chi connectivity index (χ1v) is 6.99. The zero-order valence-electron chi connectivity index (χ0n) is 13.2.